The average Bonchev–Trinajstić information content (AvgIpc) is 2.80. The van der Waals surface area contributed by atoms with Crippen molar-refractivity contribution in [1.29, 1.82) is 0 Å². The fraction of sp³-hybridized carbons (Fsp3) is 0.200. The van der Waals surface area contributed by atoms with Crippen molar-refractivity contribution in [2.45, 2.75) is 25.7 Å². The van der Waals surface area contributed by atoms with E-state index in [9.17, 15) is 18.0 Å². The lowest BCUT2D eigenvalue weighted by Crippen LogP contribution is -2.38. The highest BCUT2D eigenvalue weighted by atomic mass is 32.2. The maximum absolute atomic E-state index is 13.5. The van der Waals surface area contributed by atoms with Gasteiger partial charge in [0.25, 0.3) is 10.0 Å². The van der Waals surface area contributed by atoms with Crippen molar-refractivity contribution < 1.29 is 22.7 Å². The number of nitrogens with zero attached hydrogens (tertiary/aromatic N) is 1. The summed E-state index contributed by atoms with van der Waals surface area (Å²) < 4.78 is 32.9. The molecule has 33 heavy (non-hydrogen) atoms. The van der Waals surface area contributed by atoms with Gasteiger partial charge in [-0.2, -0.15) is 0 Å². The molecule has 0 spiro atoms. The highest BCUT2D eigenvalue weighted by molar-refractivity contribution is 7.92. The van der Waals surface area contributed by atoms with Crippen LogP contribution in [-0.4, -0.2) is 33.9 Å². The molecular weight excluding hydrogens is 440 g/mol. The fourth-order valence-electron chi connectivity index (χ4n) is 3.43. The van der Waals surface area contributed by atoms with E-state index in [2.05, 4.69) is 5.32 Å². The summed E-state index contributed by atoms with van der Waals surface area (Å²) in [5.74, 6) is -1.06. The van der Waals surface area contributed by atoms with Crippen molar-refractivity contribution in [3.05, 3.63) is 89.0 Å². The fourth-order valence-corrected chi connectivity index (χ4v) is 4.93. The molecule has 0 unspecified atom stereocenters. The summed E-state index contributed by atoms with van der Waals surface area (Å²) in [4.78, 5) is 25.1. The first kappa shape index (κ1) is 24.0. The van der Waals surface area contributed by atoms with Gasteiger partial charge in [-0.25, -0.2) is 13.2 Å². The first-order valence-electron chi connectivity index (χ1n) is 10.3. The molecule has 1 amide bonds. The quantitative estimate of drug-likeness (QED) is 0.526. The molecule has 8 heteroatoms. The molecule has 0 aliphatic heterocycles. The first-order valence-corrected chi connectivity index (χ1v) is 11.7. The molecule has 1 N–H and O–H groups in total. The van der Waals surface area contributed by atoms with Gasteiger partial charge in [0, 0.05) is 5.69 Å². The standard InChI is InChI=1S/C25H26N2O5S/c1-17-13-14-18(2)23(15-17)27(33(30,31)20-9-6-5-7-10-20)16-24(28)26-22-12-8-11-21(19(22)3)25(29)32-4/h5-15H,16H2,1-4H3,(H,26,28). The molecule has 0 bridgehead atoms. The van der Waals surface area contributed by atoms with Crippen LogP contribution in [0.15, 0.2) is 71.6 Å². The van der Waals surface area contributed by atoms with Gasteiger partial charge in [0.05, 0.1) is 23.3 Å². The Labute approximate surface area is 194 Å². The molecule has 0 aromatic heterocycles. The normalized spacial score (nSPS) is 11.0. The SMILES string of the molecule is COC(=O)c1cccc(NC(=O)CN(c2cc(C)ccc2C)S(=O)(=O)c2ccccc2)c1C. The Morgan fingerprint density at radius 2 is 1.64 bits per heavy atom. The predicted molar refractivity (Wildman–Crippen MR) is 128 cm³/mol. The van der Waals surface area contributed by atoms with Crippen LogP contribution in [0.25, 0.3) is 0 Å². The van der Waals surface area contributed by atoms with Gasteiger partial charge in [-0.05, 0) is 67.8 Å². The van der Waals surface area contributed by atoms with Crippen molar-refractivity contribution in [2.24, 2.45) is 0 Å². The van der Waals surface area contributed by atoms with E-state index in [-0.39, 0.29) is 4.90 Å². The summed E-state index contributed by atoms with van der Waals surface area (Å²) in [6, 6.07) is 18.3. The third-order valence-electron chi connectivity index (χ3n) is 5.26. The molecule has 3 aromatic rings. The monoisotopic (exact) mass is 466 g/mol. The highest BCUT2D eigenvalue weighted by Crippen LogP contribution is 2.28. The Bertz CT molecular complexity index is 1290. The Balaban J connectivity index is 1.99. The lowest BCUT2D eigenvalue weighted by Gasteiger charge is -2.26. The summed E-state index contributed by atoms with van der Waals surface area (Å²) in [6.45, 7) is 4.90. The Kier molecular flexibility index (Phi) is 7.18. The summed E-state index contributed by atoms with van der Waals surface area (Å²) in [5, 5.41) is 2.73. The van der Waals surface area contributed by atoms with Gasteiger partial charge in [-0.1, -0.05) is 36.4 Å². The second kappa shape index (κ2) is 9.87. The molecule has 0 fully saturated rings. The van der Waals surface area contributed by atoms with E-state index in [1.807, 2.05) is 19.1 Å². The molecule has 0 saturated carbocycles. The minimum Gasteiger partial charge on any atom is -0.465 e. The van der Waals surface area contributed by atoms with Crippen molar-refractivity contribution >= 4 is 33.3 Å². The van der Waals surface area contributed by atoms with Crippen molar-refractivity contribution in [3.8, 4) is 0 Å². The number of sulfonamides is 1. The number of nitrogens with one attached hydrogen (secondary N) is 1. The summed E-state index contributed by atoms with van der Waals surface area (Å²) >= 11 is 0. The van der Waals surface area contributed by atoms with Gasteiger partial charge >= 0.3 is 5.97 Å². The molecule has 0 atom stereocenters. The smallest absolute Gasteiger partial charge is 0.338 e. The minimum absolute atomic E-state index is 0.0857. The van der Waals surface area contributed by atoms with Crippen LogP contribution in [0.3, 0.4) is 0 Å². The topological polar surface area (TPSA) is 92.8 Å². The van der Waals surface area contributed by atoms with Gasteiger partial charge in [-0.3, -0.25) is 9.10 Å². The number of carbonyl (C=O) groups excluding carboxylic acids is 2. The van der Waals surface area contributed by atoms with E-state index >= 15 is 0 Å². The predicted octanol–water partition coefficient (Wildman–Crippen LogP) is 4.23. The van der Waals surface area contributed by atoms with E-state index in [0.717, 1.165) is 15.4 Å². The second-order valence-electron chi connectivity index (χ2n) is 7.63. The molecule has 3 aromatic carbocycles. The molecule has 172 valence electrons. The average molecular weight is 467 g/mol. The van der Waals surface area contributed by atoms with E-state index in [1.54, 1.807) is 56.3 Å². The van der Waals surface area contributed by atoms with Gasteiger partial charge < -0.3 is 10.1 Å². The first-order chi connectivity index (χ1) is 15.6. The van der Waals surface area contributed by atoms with Crippen LogP contribution >= 0.6 is 0 Å². The second-order valence-corrected chi connectivity index (χ2v) is 9.49. The molecule has 3 rings (SSSR count). The van der Waals surface area contributed by atoms with Crippen LogP contribution in [0.1, 0.15) is 27.0 Å². The van der Waals surface area contributed by atoms with Gasteiger partial charge in [-0.15, -0.1) is 0 Å². The number of esters is 1. The number of hydrogen-bond donors (Lipinski definition) is 1. The largest absolute Gasteiger partial charge is 0.465 e. The third-order valence-corrected chi connectivity index (χ3v) is 7.04. The zero-order chi connectivity index (χ0) is 24.2. The van der Waals surface area contributed by atoms with E-state index in [4.69, 9.17) is 4.74 Å². The van der Waals surface area contributed by atoms with Crippen LogP contribution in [0.4, 0.5) is 11.4 Å². The third kappa shape index (κ3) is 5.23. The number of ether oxygens (including phenoxy) is 1. The molecule has 0 saturated heterocycles. The van der Waals surface area contributed by atoms with Crippen LogP contribution in [-0.2, 0) is 19.6 Å². The Morgan fingerprint density at radius 3 is 2.30 bits per heavy atom. The van der Waals surface area contributed by atoms with Crippen molar-refractivity contribution in [1.82, 2.24) is 0 Å². The summed E-state index contributed by atoms with van der Waals surface area (Å²) in [5.41, 5.74) is 3.26. The lowest BCUT2D eigenvalue weighted by molar-refractivity contribution is -0.114. The zero-order valence-corrected chi connectivity index (χ0v) is 19.8. The number of methoxy groups -OCH3 is 1. The Hall–Kier alpha value is -3.65. The maximum Gasteiger partial charge on any atom is 0.338 e. The van der Waals surface area contributed by atoms with E-state index in [1.165, 1.54) is 19.2 Å². The number of amides is 1. The van der Waals surface area contributed by atoms with Crippen LogP contribution in [0.2, 0.25) is 0 Å². The molecule has 0 aliphatic carbocycles. The number of rotatable bonds is 7. The van der Waals surface area contributed by atoms with Crippen molar-refractivity contribution in [2.75, 3.05) is 23.3 Å². The summed E-state index contributed by atoms with van der Waals surface area (Å²) in [6.07, 6.45) is 0. The molecule has 0 radical (unpaired) electrons. The minimum atomic E-state index is -4.02. The highest BCUT2D eigenvalue weighted by Gasteiger charge is 2.28. The van der Waals surface area contributed by atoms with E-state index in [0.29, 0.717) is 22.5 Å². The molecule has 0 aliphatic rings. The van der Waals surface area contributed by atoms with Gasteiger partial charge in [0.2, 0.25) is 5.91 Å². The number of hydrogen-bond acceptors (Lipinski definition) is 5. The number of anilines is 2. The van der Waals surface area contributed by atoms with Crippen LogP contribution < -0.4 is 9.62 Å². The maximum atomic E-state index is 13.5. The zero-order valence-electron chi connectivity index (χ0n) is 19.0. The lowest BCUT2D eigenvalue weighted by atomic mass is 10.1. The van der Waals surface area contributed by atoms with Gasteiger partial charge in [0.15, 0.2) is 0 Å². The van der Waals surface area contributed by atoms with Crippen LogP contribution in [0, 0.1) is 20.8 Å². The number of carbonyl (C=O) groups is 2. The van der Waals surface area contributed by atoms with Crippen LogP contribution in [0.5, 0.6) is 0 Å². The molecular formula is C25H26N2O5S. The molecule has 7 nitrogen and oxygen atoms in total. The molecule has 0 heterocycles. The van der Waals surface area contributed by atoms with Crippen molar-refractivity contribution in [3.63, 3.8) is 0 Å². The van der Waals surface area contributed by atoms with E-state index < -0.39 is 28.4 Å². The number of aryl methyl sites for hydroxylation is 2. The summed E-state index contributed by atoms with van der Waals surface area (Å²) in [7, 11) is -2.74. The number of benzene rings is 3. The Morgan fingerprint density at radius 1 is 0.939 bits per heavy atom. The van der Waals surface area contributed by atoms with Gasteiger partial charge in [0.1, 0.15) is 6.54 Å².